The fraction of sp³-hybridized carbons (Fsp3) is 0.333. The highest BCUT2D eigenvalue weighted by atomic mass is 19.1. The first-order chi connectivity index (χ1) is 6.45. The van der Waals surface area contributed by atoms with Crippen molar-refractivity contribution in [3.63, 3.8) is 0 Å². The Morgan fingerprint density at radius 2 is 1.86 bits per heavy atom. The van der Waals surface area contributed by atoms with E-state index in [1.807, 2.05) is 0 Å². The molecule has 2 unspecified atom stereocenters. The Bertz CT molecular complexity index is 341. The molecule has 0 saturated carbocycles. The zero-order chi connectivity index (χ0) is 10.9. The molecule has 4 nitrogen and oxygen atoms in total. The van der Waals surface area contributed by atoms with Crippen LogP contribution in [0.2, 0.25) is 0 Å². The van der Waals surface area contributed by atoms with Crippen LogP contribution in [-0.2, 0) is 0 Å². The smallest absolute Gasteiger partial charge is 0.194 e. The third kappa shape index (κ3) is 1.78. The molecule has 2 atom stereocenters. The van der Waals surface area contributed by atoms with Crippen molar-refractivity contribution < 1.29 is 19.7 Å². The van der Waals surface area contributed by atoms with E-state index >= 15 is 0 Å². The zero-order valence-electron chi connectivity index (χ0n) is 7.61. The number of aromatic hydroxyl groups is 2. The molecular weight excluding hydrogens is 189 g/mol. The first-order valence-electron chi connectivity index (χ1n) is 4.09. The lowest BCUT2D eigenvalue weighted by Crippen LogP contribution is -2.24. The molecule has 0 spiro atoms. The van der Waals surface area contributed by atoms with Gasteiger partial charge in [0.1, 0.15) is 0 Å². The van der Waals surface area contributed by atoms with Crippen LogP contribution in [0.1, 0.15) is 18.6 Å². The van der Waals surface area contributed by atoms with Gasteiger partial charge in [-0.2, -0.15) is 0 Å². The summed E-state index contributed by atoms with van der Waals surface area (Å²) in [7, 11) is 0. The predicted octanol–water partition coefficient (Wildman–Crippen LogP) is 0.617. The molecule has 14 heavy (non-hydrogen) atoms. The molecular formula is C9H12FNO3. The van der Waals surface area contributed by atoms with Crippen LogP contribution in [0, 0.1) is 5.82 Å². The minimum atomic E-state index is -1.14. The number of aliphatic hydroxyl groups is 1. The van der Waals surface area contributed by atoms with E-state index in [1.54, 1.807) is 0 Å². The summed E-state index contributed by atoms with van der Waals surface area (Å²) in [5, 5.41) is 27.8. The molecule has 1 rings (SSSR count). The van der Waals surface area contributed by atoms with Gasteiger partial charge < -0.3 is 21.1 Å². The second-order valence-corrected chi connectivity index (χ2v) is 3.14. The normalized spacial score (nSPS) is 15.1. The minimum absolute atomic E-state index is 0.0129. The molecule has 0 aliphatic rings. The van der Waals surface area contributed by atoms with E-state index in [2.05, 4.69) is 0 Å². The van der Waals surface area contributed by atoms with E-state index in [0.717, 1.165) is 6.07 Å². The van der Waals surface area contributed by atoms with Crippen molar-refractivity contribution in [3.8, 4) is 11.5 Å². The molecule has 1 aromatic carbocycles. The largest absolute Gasteiger partial charge is 0.504 e. The molecule has 78 valence electrons. The molecule has 0 fully saturated rings. The lowest BCUT2D eigenvalue weighted by Gasteiger charge is -2.16. The van der Waals surface area contributed by atoms with E-state index < -0.39 is 29.5 Å². The molecule has 1 aromatic rings. The number of aliphatic hydroxyl groups excluding tert-OH is 1. The second-order valence-electron chi connectivity index (χ2n) is 3.14. The first kappa shape index (κ1) is 10.7. The summed E-state index contributed by atoms with van der Waals surface area (Å²) in [6.45, 7) is 1.53. The molecule has 0 bridgehead atoms. The monoisotopic (exact) mass is 201 g/mol. The van der Waals surface area contributed by atoms with Crippen molar-refractivity contribution in [2.45, 2.75) is 19.1 Å². The van der Waals surface area contributed by atoms with Gasteiger partial charge in [-0.3, -0.25) is 0 Å². The summed E-state index contributed by atoms with van der Waals surface area (Å²) in [6, 6.07) is 1.51. The summed E-state index contributed by atoms with van der Waals surface area (Å²) >= 11 is 0. The van der Waals surface area contributed by atoms with Crippen molar-refractivity contribution >= 4 is 0 Å². The van der Waals surface area contributed by atoms with Crippen molar-refractivity contribution in [1.29, 1.82) is 0 Å². The maximum absolute atomic E-state index is 12.7. The Hall–Kier alpha value is -1.33. The highest BCUT2D eigenvalue weighted by Gasteiger charge is 2.20. The van der Waals surface area contributed by atoms with Gasteiger partial charge in [-0.1, -0.05) is 0 Å². The number of hydrogen-bond acceptors (Lipinski definition) is 4. The standard InChI is InChI=1S/C9H12FNO3/c1-4(11)7(12)5-2-3-6(10)9(14)8(5)13/h2-4,7,12-14H,11H2,1H3. The van der Waals surface area contributed by atoms with Gasteiger partial charge in [0.25, 0.3) is 0 Å². The second kappa shape index (κ2) is 3.81. The van der Waals surface area contributed by atoms with Crippen LogP contribution >= 0.6 is 0 Å². The number of rotatable bonds is 2. The Morgan fingerprint density at radius 1 is 1.29 bits per heavy atom. The first-order valence-corrected chi connectivity index (χ1v) is 4.09. The Kier molecular flexibility index (Phi) is 2.93. The Balaban J connectivity index is 3.17. The molecule has 5 heteroatoms. The number of phenols is 2. The number of phenolic OH excluding ortho intramolecular Hbond substituents is 2. The fourth-order valence-corrected chi connectivity index (χ4v) is 1.09. The van der Waals surface area contributed by atoms with E-state index in [9.17, 15) is 14.6 Å². The van der Waals surface area contributed by atoms with Gasteiger partial charge in [0.2, 0.25) is 0 Å². The molecule has 0 aliphatic heterocycles. The zero-order valence-corrected chi connectivity index (χ0v) is 7.61. The number of benzene rings is 1. The van der Waals surface area contributed by atoms with E-state index in [1.165, 1.54) is 13.0 Å². The molecule has 0 amide bonds. The van der Waals surface area contributed by atoms with Crippen molar-refractivity contribution in [1.82, 2.24) is 0 Å². The molecule has 5 N–H and O–H groups in total. The Labute approximate surface area is 80.4 Å². The quantitative estimate of drug-likeness (QED) is 0.528. The van der Waals surface area contributed by atoms with Gasteiger partial charge in [-0.15, -0.1) is 0 Å². The Morgan fingerprint density at radius 3 is 2.36 bits per heavy atom. The van der Waals surface area contributed by atoms with Gasteiger partial charge in [0.15, 0.2) is 17.3 Å². The van der Waals surface area contributed by atoms with Crippen molar-refractivity contribution in [2.24, 2.45) is 5.73 Å². The summed E-state index contributed by atoms with van der Waals surface area (Å²) in [5.74, 6) is -2.49. The maximum atomic E-state index is 12.7. The van der Waals surface area contributed by atoms with E-state index in [0.29, 0.717) is 0 Å². The van der Waals surface area contributed by atoms with E-state index in [4.69, 9.17) is 10.8 Å². The highest BCUT2D eigenvalue weighted by molar-refractivity contribution is 5.46. The maximum Gasteiger partial charge on any atom is 0.194 e. The van der Waals surface area contributed by atoms with Crippen LogP contribution < -0.4 is 5.73 Å². The summed E-state index contributed by atoms with van der Waals surface area (Å²) in [6.07, 6.45) is -1.14. The topological polar surface area (TPSA) is 86.7 Å². The van der Waals surface area contributed by atoms with Crippen LogP contribution in [0.3, 0.4) is 0 Å². The highest BCUT2D eigenvalue weighted by Crippen LogP contribution is 2.35. The average molecular weight is 201 g/mol. The van der Waals surface area contributed by atoms with Gasteiger partial charge >= 0.3 is 0 Å². The minimum Gasteiger partial charge on any atom is -0.504 e. The van der Waals surface area contributed by atoms with Gasteiger partial charge in [0.05, 0.1) is 6.10 Å². The van der Waals surface area contributed by atoms with Gasteiger partial charge in [-0.25, -0.2) is 4.39 Å². The van der Waals surface area contributed by atoms with Crippen LogP contribution in [0.5, 0.6) is 11.5 Å². The van der Waals surface area contributed by atoms with Crippen LogP contribution in [-0.4, -0.2) is 21.4 Å². The summed E-state index contributed by atoms with van der Waals surface area (Å²) in [5.41, 5.74) is 5.40. The summed E-state index contributed by atoms with van der Waals surface area (Å²) in [4.78, 5) is 0. The average Bonchev–Trinajstić information content (AvgIpc) is 2.13. The van der Waals surface area contributed by atoms with Gasteiger partial charge in [0, 0.05) is 11.6 Å². The van der Waals surface area contributed by atoms with Crippen LogP contribution in [0.25, 0.3) is 0 Å². The third-order valence-corrected chi connectivity index (χ3v) is 1.95. The van der Waals surface area contributed by atoms with Gasteiger partial charge in [-0.05, 0) is 19.1 Å². The predicted molar refractivity (Wildman–Crippen MR) is 48.3 cm³/mol. The lowest BCUT2D eigenvalue weighted by molar-refractivity contribution is 0.149. The molecule has 0 radical (unpaired) electrons. The van der Waals surface area contributed by atoms with Crippen molar-refractivity contribution in [2.75, 3.05) is 0 Å². The fourth-order valence-electron chi connectivity index (χ4n) is 1.09. The van der Waals surface area contributed by atoms with Crippen LogP contribution in [0.15, 0.2) is 12.1 Å². The molecule has 0 aliphatic carbocycles. The number of nitrogens with two attached hydrogens (primary N) is 1. The third-order valence-electron chi connectivity index (χ3n) is 1.95. The van der Waals surface area contributed by atoms with Crippen LogP contribution in [0.4, 0.5) is 4.39 Å². The van der Waals surface area contributed by atoms with Crippen molar-refractivity contribution in [3.05, 3.63) is 23.5 Å². The molecule has 0 heterocycles. The number of hydrogen-bond donors (Lipinski definition) is 4. The SMILES string of the molecule is CC(N)C(O)c1ccc(F)c(O)c1O. The molecule has 0 saturated heterocycles. The summed E-state index contributed by atoms with van der Waals surface area (Å²) < 4.78 is 12.7. The lowest BCUT2D eigenvalue weighted by atomic mass is 10.0. The molecule has 0 aromatic heterocycles. The van der Waals surface area contributed by atoms with E-state index in [-0.39, 0.29) is 5.56 Å². The number of halogens is 1.